The molecule has 0 radical (unpaired) electrons. The van der Waals surface area contributed by atoms with Gasteiger partial charge in [0.15, 0.2) is 11.5 Å². The summed E-state index contributed by atoms with van der Waals surface area (Å²) in [6.45, 7) is 4.31. The minimum absolute atomic E-state index is 0.228. The van der Waals surface area contributed by atoms with Gasteiger partial charge in [0.25, 0.3) is 0 Å². The van der Waals surface area contributed by atoms with E-state index >= 15 is 0 Å². The van der Waals surface area contributed by atoms with E-state index in [4.69, 9.17) is 14.2 Å². The van der Waals surface area contributed by atoms with Gasteiger partial charge in [0, 0.05) is 18.1 Å². The van der Waals surface area contributed by atoms with Gasteiger partial charge in [-0.25, -0.2) is 4.98 Å². The second kappa shape index (κ2) is 5.28. The van der Waals surface area contributed by atoms with Gasteiger partial charge in [-0.3, -0.25) is 0 Å². The van der Waals surface area contributed by atoms with Crippen LogP contribution in [0.2, 0.25) is 0 Å². The maximum absolute atomic E-state index is 5.76. The Hall–Kier alpha value is -1.82. The lowest BCUT2D eigenvalue weighted by molar-refractivity contribution is 0.174. The zero-order valence-corrected chi connectivity index (χ0v) is 12.7. The second-order valence-corrected chi connectivity index (χ2v) is 5.47. The fourth-order valence-corrected chi connectivity index (χ4v) is 2.16. The molecule has 6 heteroatoms. The predicted molar refractivity (Wildman–Crippen MR) is 76.5 cm³/mol. The Morgan fingerprint density at radius 3 is 2.75 bits per heavy atom. The molecule has 0 spiro atoms. The van der Waals surface area contributed by atoms with Crippen molar-refractivity contribution in [2.45, 2.75) is 19.8 Å². The van der Waals surface area contributed by atoms with E-state index in [1.54, 1.807) is 12.1 Å². The normalized spacial score (nSPS) is 12.8. The Labute approximate surface area is 125 Å². The Kier molecular flexibility index (Phi) is 3.48. The first kappa shape index (κ1) is 13.2. The van der Waals surface area contributed by atoms with E-state index in [1.165, 1.54) is 0 Å². The molecule has 0 bridgehead atoms. The van der Waals surface area contributed by atoms with Gasteiger partial charge in [0.05, 0.1) is 0 Å². The Morgan fingerprint density at radius 2 is 1.95 bits per heavy atom. The molecule has 2 heterocycles. The van der Waals surface area contributed by atoms with Gasteiger partial charge in [-0.05, 0) is 28.1 Å². The first-order chi connectivity index (χ1) is 9.61. The SMILES string of the molecule is CC(C)c1nc(Br)cc(Oc2ccc3c(c2)OCO3)n1. The van der Waals surface area contributed by atoms with Gasteiger partial charge >= 0.3 is 0 Å². The van der Waals surface area contributed by atoms with Crippen molar-refractivity contribution < 1.29 is 14.2 Å². The van der Waals surface area contributed by atoms with Crippen LogP contribution < -0.4 is 14.2 Å². The molecule has 0 N–H and O–H groups in total. The molecule has 0 aliphatic carbocycles. The highest BCUT2D eigenvalue weighted by Gasteiger charge is 2.15. The quantitative estimate of drug-likeness (QED) is 0.796. The van der Waals surface area contributed by atoms with Crippen LogP contribution in [0.15, 0.2) is 28.9 Å². The van der Waals surface area contributed by atoms with Crippen molar-refractivity contribution in [1.29, 1.82) is 0 Å². The summed E-state index contributed by atoms with van der Waals surface area (Å²) < 4.78 is 17.0. The minimum atomic E-state index is 0.228. The smallest absolute Gasteiger partial charge is 0.231 e. The monoisotopic (exact) mass is 336 g/mol. The predicted octanol–water partition coefficient (Wildman–Crippen LogP) is 3.88. The zero-order chi connectivity index (χ0) is 14.1. The minimum Gasteiger partial charge on any atom is -0.454 e. The lowest BCUT2D eigenvalue weighted by Crippen LogP contribution is -1.99. The first-order valence-electron chi connectivity index (χ1n) is 6.24. The number of hydrogen-bond donors (Lipinski definition) is 0. The van der Waals surface area contributed by atoms with Crippen molar-refractivity contribution in [2.24, 2.45) is 0 Å². The van der Waals surface area contributed by atoms with Gasteiger partial charge in [-0.15, -0.1) is 0 Å². The van der Waals surface area contributed by atoms with Crippen molar-refractivity contribution in [3.63, 3.8) is 0 Å². The zero-order valence-electron chi connectivity index (χ0n) is 11.1. The van der Waals surface area contributed by atoms with Crippen LogP contribution in [0.25, 0.3) is 0 Å². The van der Waals surface area contributed by atoms with E-state index in [9.17, 15) is 0 Å². The molecule has 0 amide bonds. The molecule has 2 aromatic rings. The first-order valence-corrected chi connectivity index (χ1v) is 7.03. The molecule has 0 unspecified atom stereocenters. The Bertz CT molecular complexity index is 646. The topological polar surface area (TPSA) is 53.5 Å². The largest absolute Gasteiger partial charge is 0.454 e. The standard InChI is InChI=1S/C14H13BrN2O3/c1-8(2)14-16-12(15)6-13(17-14)20-9-3-4-10-11(5-9)19-7-18-10/h3-6,8H,7H2,1-2H3. The van der Waals surface area contributed by atoms with Crippen LogP contribution in [0.5, 0.6) is 23.1 Å². The molecule has 20 heavy (non-hydrogen) atoms. The van der Waals surface area contributed by atoms with Gasteiger partial charge in [-0.2, -0.15) is 4.98 Å². The third-order valence-electron chi connectivity index (χ3n) is 2.77. The van der Waals surface area contributed by atoms with Crippen LogP contribution >= 0.6 is 15.9 Å². The fourth-order valence-electron chi connectivity index (χ4n) is 1.79. The summed E-state index contributed by atoms with van der Waals surface area (Å²) in [7, 11) is 0. The van der Waals surface area contributed by atoms with Crippen LogP contribution in [0, 0.1) is 0 Å². The van der Waals surface area contributed by atoms with E-state index in [0.29, 0.717) is 22.0 Å². The molecule has 0 saturated heterocycles. The average molecular weight is 337 g/mol. The highest BCUT2D eigenvalue weighted by Crippen LogP contribution is 2.36. The number of fused-ring (bicyclic) bond motifs is 1. The van der Waals surface area contributed by atoms with Gasteiger partial charge in [-0.1, -0.05) is 13.8 Å². The highest BCUT2D eigenvalue weighted by atomic mass is 79.9. The molecule has 0 atom stereocenters. The molecule has 104 valence electrons. The van der Waals surface area contributed by atoms with E-state index in [2.05, 4.69) is 25.9 Å². The van der Waals surface area contributed by atoms with Crippen LogP contribution in [0.4, 0.5) is 0 Å². The summed E-state index contributed by atoms with van der Waals surface area (Å²) >= 11 is 3.37. The number of aromatic nitrogens is 2. The number of nitrogens with zero attached hydrogens (tertiary/aromatic N) is 2. The molecule has 1 aromatic heterocycles. The van der Waals surface area contributed by atoms with Gasteiger partial charge in [0.2, 0.25) is 12.7 Å². The summed E-state index contributed by atoms with van der Waals surface area (Å²) in [6.07, 6.45) is 0. The lowest BCUT2D eigenvalue weighted by Gasteiger charge is -2.09. The molecule has 3 rings (SSSR count). The third-order valence-corrected chi connectivity index (χ3v) is 3.18. The van der Waals surface area contributed by atoms with Crippen LogP contribution in [-0.2, 0) is 0 Å². The third kappa shape index (κ3) is 2.70. The molecule has 1 aromatic carbocycles. The molecule has 1 aliphatic heterocycles. The second-order valence-electron chi connectivity index (χ2n) is 4.66. The van der Waals surface area contributed by atoms with E-state index in [0.717, 1.165) is 11.6 Å². The van der Waals surface area contributed by atoms with Crippen LogP contribution in [0.3, 0.4) is 0 Å². The van der Waals surface area contributed by atoms with Crippen molar-refractivity contribution in [3.8, 4) is 23.1 Å². The molecule has 1 aliphatic rings. The highest BCUT2D eigenvalue weighted by molar-refractivity contribution is 9.10. The number of ether oxygens (including phenoxy) is 3. The van der Waals surface area contributed by atoms with Crippen molar-refractivity contribution in [2.75, 3.05) is 6.79 Å². The van der Waals surface area contributed by atoms with Crippen molar-refractivity contribution in [3.05, 3.63) is 34.7 Å². The summed E-state index contributed by atoms with van der Waals surface area (Å²) in [5, 5.41) is 0. The summed E-state index contributed by atoms with van der Waals surface area (Å²) in [5.74, 6) is 3.51. The molecular weight excluding hydrogens is 324 g/mol. The van der Waals surface area contributed by atoms with E-state index < -0.39 is 0 Å². The summed E-state index contributed by atoms with van der Waals surface area (Å²) in [4.78, 5) is 8.70. The fraction of sp³-hybridized carbons (Fsp3) is 0.286. The van der Waals surface area contributed by atoms with Crippen molar-refractivity contribution in [1.82, 2.24) is 9.97 Å². The van der Waals surface area contributed by atoms with E-state index in [-0.39, 0.29) is 12.7 Å². The van der Waals surface area contributed by atoms with Gasteiger partial charge < -0.3 is 14.2 Å². The Morgan fingerprint density at radius 1 is 1.15 bits per heavy atom. The van der Waals surface area contributed by atoms with E-state index in [1.807, 2.05) is 26.0 Å². The number of rotatable bonds is 3. The van der Waals surface area contributed by atoms with Crippen LogP contribution in [0.1, 0.15) is 25.6 Å². The molecule has 0 fully saturated rings. The lowest BCUT2D eigenvalue weighted by atomic mass is 10.2. The van der Waals surface area contributed by atoms with Gasteiger partial charge in [0.1, 0.15) is 16.2 Å². The molecular formula is C14H13BrN2O3. The maximum Gasteiger partial charge on any atom is 0.231 e. The number of halogens is 1. The Balaban J connectivity index is 1.87. The average Bonchev–Trinajstić information content (AvgIpc) is 2.85. The summed E-state index contributed by atoms with van der Waals surface area (Å²) in [6, 6.07) is 7.15. The molecule has 0 saturated carbocycles. The van der Waals surface area contributed by atoms with Crippen molar-refractivity contribution >= 4 is 15.9 Å². The van der Waals surface area contributed by atoms with Crippen LogP contribution in [-0.4, -0.2) is 16.8 Å². The summed E-state index contributed by atoms with van der Waals surface area (Å²) in [5.41, 5.74) is 0. The maximum atomic E-state index is 5.76. The molecule has 5 nitrogen and oxygen atoms in total. The number of hydrogen-bond acceptors (Lipinski definition) is 5. The number of benzene rings is 1.